The van der Waals surface area contributed by atoms with Gasteiger partial charge in [-0.25, -0.2) is 0 Å². The SMILES string of the molecule is O=C(O)CN1C(=O)/C(=C/c2csc(Br)c2)SC1=S. The third kappa shape index (κ3) is 3.00. The summed E-state index contributed by atoms with van der Waals surface area (Å²) in [5.41, 5.74) is 0.891. The van der Waals surface area contributed by atoms with Crippen LogP contribution < -0.4 is 0 Å². The van der Waals surface area contributed by atoms with Gasteiger partial charge in [-0.3, -0.25) is 14.5 Å². The molecule has 0 radical (unpaired) electrons. The van der Waals surface area contributed by atoms with E-state index >= 15 is 0 Å². The van der Waals surface area contributed by atoms with E-state index in [1.807, 2.05) is 11.4 Å². The molecule has 0 unspecified atom stereocenters. The van der Waals surface area contributed by atoms with Crippen molar-refractivity contribution in [2.45, 2.75) is 0 Å². The van der Waals surface area contributed by atoms with E-state index in [4.69, 9.17) is 17.3 Å². The van der Waals surface area contributed by atoms with Gasteiger partial charge in [0.1, 0.15) is 10.9 Å². The quantitative estimate of drug-likeness (QED) is 0.660. The third-order valence-corrected chi connectivity index (χ3v) is 4.95. The number of thiophene rings is 1. The van der Waals surface area contributed by atoms with E-state index in [0.717, 1.165) is 26.0 Å². The molecular formula is C10H6BrNO3S3. The second-order valence-electron chi connectivity index (χ2n) is 3.35. The van der Waals surface area contributed by atoms with Gasteiger partial charge in [-0.1, -0.05) is 24.0 Å². The molecule has 18 heavy (non-hydrogen) atoms. The lowest BCUT2D eigenvalue weighted by Gasteiger charge is -2.09. The minimum Gasteiger partial charge on any atom is -0.480 e. The first kappa shape index (κ1) is 13.7. The van der Waals surface area contributed by atoms with Crippen LogP contribution in [0, 0.1) is 0 Å². The molecule has 1 aromatic heterocycles. The lowest BCUT2D eigenvalue weighted by Crippen LogP contribution is -2.33. The van der Waals surface area contributed by atoms with E-state index in [1.165, 1.54) is 11.3 Å². The maximum absolute atomic E-state index is 11.9. The summed E-state index contributed by atoms with van der Waals surface area (Å²) in [6, 6.07) is 1.88. The zero-order valence-corrected chi connectivity index (χ0v) is 12.8. The van der Waals surface area contributed by atoms with Gasteiger partial charge in [-0.05, 0) is 39.0 Å². The minimum atomic E-state index is -1.08. The highest BCUT2D eigenvalue weighted by Gasteiger charge is 2.33. The van der Waals surface area contributed by atoms with Crippen molar-refractivity contribution in [1.29, 1.82) is 0 Å². The molecule has 1 aliphatic heterocycles. The fourth-order valence-electron chi connectivity index (χ4n) is 1.32. The normalized spacial score (nSPS) is 17.8. The van der Waals surface area contributed by atoms with Gasteiger partial charge in [-0.15, -0.1) is 11.3 Å². The Kier molecular flexibility index (Phi) is 4.21. The molecule has 0 aliphatic carbocycles. The van der Waals surface area contributed by atoms with Gasteiger partial charge >= 0.3 is 5.97 Å². The van der Waals surface area contributed by atoms with E-state index in [2.05, 4.69) is 15.9 Å². The summed E-state index contributed by atoms with van der Waals surface area (Å²) >= 11 is 11.0. The van der Waals surface area contributed by atoms with Crippen LogP contribution in [0.3, 0.4) is 0 Å². The van der Waals surface area contributed by atoms with Crippen LogP contribution in [0.4, 0.5) is 0 Å². The molecule has 0 bridgehead atoms. The lowest BCUT2D eigenvalue weighted by molar-refractivity contribution is -0.140. The Hall–Kier alpha value is -0.700. The zero-order valence-electron chi connectivity index (χ0n) is 8.75. The Morgan fingerprint density at radius 2 is 2.33 bits per heavy atom. The molecule has 1 N–H and O–H groups in total. The van der Waals surface area contributed by atoms with Gasteiger partial charge in [0.05, 0.1) is 8.69 Å². The number of nitrogens with zero attached hydrogens (tertiary/aromatic N) is 1. The molecule has 8 heteroatoms. The second-order valence-corrected chi connectivity index (χ2v) is 7.31. The molecular weight excluding hydrogens is 358 g/mol. The van der Waals surface area contributed by atoms with Crippen LogP contribution in [0.2, 0.25) is 0 Å². The third-order valence-electron chi connectivity index (χ3n) is 2.05. The molecule has 1 aromatic rings. The average molecular weight is 364 g/mol. The molecule has 2 rings (SSSR count). The molecule has 1 saturated heterocycles. The van der Waals surface area contributed by atoms with Crippen LogP contribution in [0.5, 0.6) is 0 Å². The van der Waals surface area contributed by atoms with Crippen LogP contribution in [-0.2, 0) is 9.59 Å². The maximum Gasteiger partial charge on any atom is 0.323 e. The van der Waals surface area contributed by atoms with E-state index in [0.29, 0.717) is 4.91 Å². The summed E-state index contributed by atoms with van der Waals surface area (Å²) < 4.78 is 1.25. The monoisotopic (exact) mass is 363 g/mol. The summed E-state index contributed by atoms with van der Waals surface area (Å²) in [4.78, 5) is 24.1. The molecule has 0 saturated carbocycles. The summed E-state index contributed by atoms with van der Waals surface area (Å²) in [6.07, 6.45) is 1.71. The Labute approximate surface area is 125 Å². The van der Waals surface area contributed by atoms with Crippen LogP contribution in [-0.4, -0.2) is 32.7 Å². The number of carboxylic acids is 1. The highest BCUT2D eigenvalue weighted by atomic mass is 79.9. The van der Waals surface area contributed by atoms with E-state index in [9.17, 15) is 9.59 Å². The van der Waals surface area contributed by atoms with E-state index in [-0.39, 0.29) is 10.2 Å². The van der Waals surface area contributed by atoms with Crippen molar-refractivity contribution in [1.82, 2.24) is 4.90 Å². The van der Waals surface area contributed by atoms with Gasteiger partial charge in [0.2, 0.25) is 0 Å². The number of thiocarbonyl (C=S) groups is 1. The molecule has 1 aliphatic rings. The molecule has 0 atom stereocenters. The fraction of sp³-hybridized carbons (Fsp3) is 0.100. The van der Waals surface area contributed by atoms with Gasteiger partial charge in [0.15, 0.2) is 0 Å². The van der Waals surface area contributed by atoms with Crippen molar-refractivity contribution >= 4 is 73.5 Å². The smallest absolute Gasteiger partial charge is 0.323 e. The molecule has 4 nitrogen and oxygen atoms in total. The number of halogens is 1. The van der Waals surface area contributed by atoms with E-state index in [1.54, 1.807) is 6.08 Å². The number of hydrogen-bond acceptors (Lipinski definition) is 5. The number of carbonyl (C=O) groups excluding carboxylic acids is 1. The predicted octanol–water partition coefficient (Wildman–Crippen LogP) is 2.80. The lowest BCUT2D eigenvalue weighted by atomic mass is 10.3. The van der Waals surface area contributed by atoms with Gasteiger partial charge in [0, 0.05) is 0 Å². The molecule has 0 spiro atoms. The molecule has 1 amide bonds. The first-order valence-electron chi connectivity index (χ1n) is 4.68. The van der Waals surface area contributed by atoms with Crippen molar-refractivity contribution in [3.63, 3.8) is 0 Å². The number of rotatable bonds is 3. The first-order valence-corrected chi connectivity index (χ1v) is 7.58. The maximum atomic E-state index is 11.9. The Bertz CT molecular complexity index is 566. The molecule has 94 valence electrons. The summed E-state index contributed by atoms with van der Waals surface area (Å²) in [5, 5.41) is 10.6. The molecule has 2 heterocycles. The number of aliphatic carboxylic acids is 1. The number of hydrogen-bond donors (Lipinski definition) is 1. The van der Waals surface area contributed by atoms with Crippen molar-refractivity contribution in [3.8, 4) is 0 Å². The number of carboxylic acid groups (broad SMARTS) is 1. The highest BCUT2D eigenvalue weighted by Crippen LogP contribution is 2.33. The molecule has 0 aromatic carbocycles. The Morgan fingerprint density at radius 3 is 2.89 bits per heavy atom. The van der Waals surface area contributed by atoms with Crippen LogP contribution >= 0.6 is 51.2 Å². The fourth-order valence-corrected chi connectivity index (χ4v) is 3.71. The Morgan fingerprint density at radius 1 is 1.61 bits per heavy atom. The number of thioether (sulfide) groups is 1. The van der Waals surface area contributed by atoms with Crippen LogP contribution in [0.15, 0.2) is 20.1 Å². The molecule has 1 fully saturated rings. The largest absolute Gasteiger partial charge is 0.480 e. The van der Waals surface area contributed by atoms with Gasteiger partial charge < -0.3 is 5.11 Å². The number of amides is 1. The second kappa shape index (κ2) is 5.52. The topological polar surface area (TPSA) is 57.6 Å². The van der Waals surface area contributed by atoms with Crippen LogP contribution in [0.1, 0.15) is 5.56 Å². The van der Waals surface area contributed by atoms with Crippen molar-refractivity contribution in [2.75, 3.05) is 6.54 Å². The van der Waals surface area contributed by atoms with Crippen LogP contribution in [0.25, 0.3) is 6.08 Å². The average Bonchev–Trinajstić information content (AvgIpc) is 2.78. The summed E-state index contributed by atoms with van der Waals surface area (Å²) in [7, 11) is 0. The predicted molar refractivity (Wildman–Crippen MR) is 79.5 cm³/mol. The first-order chi connectivity index (χ1) is 8.47. The van der Waals surface area contributed by atoms with Gasteiger partial charge in [-0.2, -0.15) is 0 Å². The minimum absolute atomic E-state index is 0.281. The van der Waals surface area contributed by atoms with Crippen molar-refractivity contribution in [3.05, 3.63) is 25.7 Å². The Balaban J connectivity index is 2.22. The summed E-state index contributed by atoms with van der Waals surface area (Å²) in [6.45, 7) is -0.394. The van der Waals surface area contributed by atoms with Crippen molar-refractivity contribution < 1.29 is 14.7 Å². The van der Waals surface area contributed by atoms with E-state index < -0.39 is 12.5 Å². The van der Waals surface area contributed by atoms with Gasteiger partial charge in [0.25, 0.3) is 5.91 Å². The van der Waals surface area contributed by atoms with Crippen molar-refractivity contribution in [2.24, 2.45) is 0 Å². The standard InChI is InChI=1S/C10H6BrNO3S3/c11-7-2-5(4-17-7)1-6-9(15)12(3-8(13)14)10(16)18-6/h1-2,4H,3H2,(H,13,14)/b6-1-. The number of carbonyl (C=O) groups is 2. The highest BCUT2D eigenvalue weighted by molar-refractivity contribution is 9.11. The zero-order chi connectivity index (χ0) is 13.3. The summed E-state index contributed by atoms with van der Waals surface area (Å²) in [5.74, 6) is -1.43.